The van der Waals surface area contributed by atoms with Crippen LogP contribution in [-0.4, -0.2) is 22.9 Å². The van der Waals surface area contributed by atoms with Crippen molar-refractivity contribution in [3.05, 3.63) is 58.9 Å². The molecular formula is C15H15ClN2O2. The minimum atomic E-state index is -0.308. The molecule has 104 valence electrons. The summed E-state index contributed by atoms with van der Waals surface area (Å²) < 4.78 is 6.38. The van der Waals surface area contributed by atoms with Crippen molar-refractivity contribution in [1.82, 2.24) is 9.78 Å². The summed E-state index contributed by atoms with van der Waals surface area (Å²) >= 11 is 5.97. The highest BCUT2D eigenvalue weighted by Crippen LogP contribution is 2.27. The normalized spacial score (nSPS) is 11.4. The second-order valence-corrected chi connectivity index (χ2v) is 4.49. The third-order valence-corrected chi connectivity index (χ3v) is 3.30. The van der Waals surface area contributed by atoms with Crippen molar-refractivity contribution in [2.45, 2.75) is 6.42 Å². The molecule has 0 radical (unpaired) electrons. The first-order valence-electron chi connectivity index (χ1n) is 6.11. The number of aromatic nitrogens is 2. The number of rotatable bonds is 4. The minimum absolute atomic E-state index is 0.156. The van der Waals surface area contributed by atoms with Crippen molar-refractivity contribution in [3.63, 3.8) is 0 Å². The summed E-state index contributed by atoms with van der Waals surface area (Å²) in [6.45, 7) is 0. The number of aryl methyl sites for hydroxylation is 1. The molecule has 0 saturated carbocycles. The van der Waals surface area contributed by atoms with E-state index in [-0.39, 0.29) is 12.4 Å². The highest BCUT2D eigenvalue weighted by molar-refractivity contribution is 6.29. The van der Waals surface area contributed by atoms with Gasteiger partial charge in [0.15, 0.2) is 0 Å². The van der Waals surface area contributed by atoms with Crippen molar-refractivity contribution < 1.29 is 9.53 Å². The molecule has 0 unspecified atom stereocenters. The Bertz CT molecular complexity index is 633. The van der Waals surface area contributed by atoms with Gasteiger partial charge in [-0.3, -0.25) is 9.48 Å². The molecular weight excluding hydrogens is 276 g/mol. The Kier molecular flexibility index (Phi) is 4.58. The molecule has 0 atom stereocenters. The number of hydrogen-bond donors (Lipinski definition) is 0. The maximum Gasteiger partial charge on any atom is 0.311 e. The van der Waals surface area contributed by atoms with E-state index in [1.165, 1.54) is 12.6 Å². The lowest BCUT2D eigenvalue weighted by Gasteiger charge is -2.08. The average molecular weight is 291 g/mol. The fraction of sp³-hybridized carbons (Fsp3) is 0.200. The van der Waals surface area contributed by atoms with Gasteiger partial charge in [0.25, 0.3) is 0 Å². The fourth-order valence-electron chi connectivity index (χ4n) is 2.00. The second-order valence-electron chi connectivity index (χ2n) is 4.27. The van der Waals surface area contributed by atoms with Crippen molar-refractivity contribution >= 4 is 23.1 Å². The van der Waals surface area contributed by atoms with Crippen LogP contribution in [0.5, 0.6) is 0 Å². The van der Waals surface area contributed by atoms with E-state index in [1.54, 1.807) is 17.9 Å². The van der Waals surface area contributed by atoms with Crippen LogP contribution in [0.1, 0.15) is 16.8 Å². The van der Waals surface area contributed by atoms with Crippen molar-refractivity contribution in [2.24, 2.45) is 7.05 Å². The molecule has 20 heavy (non-hydrogen) atoms. The smallest absolute Gasteiger partial charge is 0.311 e. The van der Waals surface area contributed by atoms with E-state index in [9.17, 15) is 4.79 Å². The van der Waals surface area contributed by atoms with E-state index in [0.717, 1.165) is 22.4 Å². The first kappa shape index (κ1) is 14.3. The van der Waals surface area contributed by atoms with Crippen LogP contribution in [0.3, 0.4) is 0 Å². The van der Waals surface area contributed by atoms with Gasteiger partial charge in [0.1, 0.15) is 0 Å². The number of esters is 1. The summed E-state index contributed by atoms with van der Waals surface area (Å²) in [5.74, 6) is -0.308. The first-order chi connectivity index (χ1) is 9.67. The Labute approximate surface area is 122 Å². The average Bonchev–Trinajstić information content (AvgIpc) is 2.83. The Balaban J connectivity index is 2.44. The van der Waals surface area contributed by atoms with E-state index in [0.29, 0.717) is 0 Å². The van der Waals surface area contributed by atoms with Crippen molar-refractivity contribution in [3.8, 4) is 0 Å². The molecule has 0 saturated heterocycles. The lowest BCUT2D eigenvalue weighted by atomic mass is 9.99. The number of carbonyl (C=O) groups excluding carboxylic acids is 1. The Morgan fingerprint density at radius 1 is 1.40 bits per heavy atom. The molecule has 0 amide bonds. The molecule has 0 spiro atoms. The molecule has 1 heterocycles. The fourth-order valence-corrected chi connectivity index (χ4v) is 2.24. The first-order valence-corrected chi connectivity index (χ1v) is 6.55. The quantitative estimate of drug-likeness (QED) is 0.813. The molecule has 1 aromatic carbocycles. The third kappa shape index (κ3) is 2.91. The molecule has 0 fully saturated rings. The number of ether oxygens (including phenoxy) is 1. The molecule has 2 aromatic rings. The largest absolute Gasteiger partial charge is 0.469 e. The lowest BCUT2D eigenvalue weighted by molar-refractivity contribution is -0.139. The Morgan fingerprint density at radius 2 is 2.10 bits per heavy atom. The van der Waals surface area contributed by atoms with Crippen LogP contribution in [0.4, 0.5) is 0 Å². The van der Waals surface area contributed by atoms with Crippen molar-refractivity contribution in [2.75, 3.05) is 7.11 Å². The van der Waals surface area contributed by atoms with Crippen LogP contribution in [0.25, 0.3) is 5.57 Å². The summed E-state index contributed by atoms with van der Waals surface area (Å²) in [5, 5.41) is 4.21. The molecule has 4 nitrogen and oxygen atoms in total. The van der Waals surface area contributed by atoms with Gasteiger partial charge in [-0.2, -0.15) is 5.10 Å². The molecule has 5 heteroatoms. The van der Waals surface area contributed by atoms with E-state index in [2.05, 4.69) is 5.10 Å². The number of benzene rings is 1. The molecule has 2 rings (SSSR count). The SMILES string of the molecule is COC(=O)Cc1c(/C(=C/Cl)c2ccccc2)cnn1C. The highest BCUT2D eigenvalue weighted by Gasteiger charge is 2.17. The van der Waals surface area contributed by atoms with Gasteiger partial charge in [0.05, 0.1) is 25.4 Å². The second kappa shape index (κ2) is 6.39. The van der Waals surface area contributed by atoms with Gasteiger partial charge in [-0.25, -0.2) is 0 Å². The van der Waals surface area contributed by atoms with Crippen LogP contribution in [0, 0.1) is 0 Å². The summed E-state index contributed by atoms with van der Waals surface area (Å²) in [5.41, 5.74) is 4.92. The number of methoxy groups -OCH3 is 1. The molecule has 0 aliphatic rings. The molecule has 0 N–H and O–H groups in total. The van der Waals surface area contributed by atoms with Crippen LogP contribution >= 0.6 is 11.6 Å². The third-order valence-electron chi connectivity index (χ3n) is 3.09. The molecule has 1 aromatic heterocycles. The van der Waals surface area contributed by atoms with Crippen molar-refractivity contribution in [1.29, 1.82) is 0 Å². The predicted octanol–water partition coefficient (Wildman–Crippen LogP) is 2.76. The van der Waals surface area contributed by atoms with Crippen LogP contribution in [0.15, 0.2) is 42.1 Å². The van der Waals surface area contributed by atoms with Gasteiger partial charge in [-0.1, -0.05) is 41.9 Å². The number of nitrogens with zero attached hydrogens (tertiary/aromatic N) is 2. The van der Waals surface area contributed by atoms with E-state index in [1.807, 2.05) is 30.3 Å². The molecule has 0 aliphatic carbocycles. The van der Waals surface area contributed by atoms with Crippen LogP contribution in [-0.2, 0) is 23.0 Å². The van der Waals surface area contributed by atoms with Gasteiger partial charge in [-0.15, -0.1) is 0 Å². The highest BCUT2D eigenvalue weighted by atomic mass is 35.5. The van der Waals surface area contributed by atoms with Gasteiger partial charge >= 0.3 is 5.97 Å². The van der Waals surface area contributed by atoms with Gasteiger partial charge in [0, 0.05) is 23.7 Å². The number of carbonyl (C=O) groups is 1. The minimum Gasteiger partial charge on any atom is -0.469 e. The van der Waals surface area contributed by atoms with E-state index < -0.39 is 0 Å². The van der Waals surface area contributed by atoms with Gasteiger partial charge < -0.3 is 4.74 Å². The number of hydrogen-bond acceptors (Lipinski definition) is 3. The maximum absolute atomic E-state index is 11.5. The zero-order valence-corrected chi connectivity index (χ0v) is 12.1. The Hall–Kier alpha value is -2.07. The predicted molar refractivity (Wildman–Crippen MR) is 78.3 cm³/mol. The summed E-state index contributed by atoms with van der Waals surface area (Å²) in [6, 6.07) is 9.73. The zero-order chi connectivity index (χ0) is 14.5. The summed E-state index contributed by atoms with van der Waals surface area (Å²) in [6.07, 6.45) is 1.86. The van der Waals surface area contributed by atoms with Crippen LogP contribution < -0.4 is 0 Å². The van der Waals surface area contributed by atoms with Gasteiger partial charge in [0.2, 0.25) is 0 Å². The standard InChI is InChI=1S/C15H15ClN2O2/c1-18-14(8-15(19)20-2)13(10-17-18)12(9-16)11-6-4-3-5-7-11/h3-7,9-10H,8H2,1-2H3/b12-9+. The summed E-state index contributed by atoms with van der Waals surface area (Å²) in [4.78, 5) is 11.5. The Morgan fingerprint density at radius 3 is 2.70 bits per heavy atom. The number of halogens is 1. The van der Waals surface area contributed by atoms with Crippen LogP contribution in [0.2, 0.25) is 0 Å². The lowest BCUT2D eigenvalue weighted by Crippen LogP contribution is -2.10. The topological polar surface area (TPSA) is 44.1 Å². The summed E-state index contributed by atoms with van der Waals surface area (Å²) in [7, 11) is 3.16. The maximum atomic E-state index is 11.5. The molecule has 0 aliphatic heterocycles. The zero-order valence-electron chi connectivity index (χ0n) is 11.3. The van der Waals surface area contributed by atoms with E-state index >= 15 is 0 Å². The monoisotopic (exact) mass is 290 g/mol. The molecule has 0 bridgehead atoms. The van der Waals surface area contributed by atoms with E-state index in [4.69, 9.17) is 16.3 Å². The van der Waals surface area contributed by atoms with Gasteiger partial charge in [-0.05, 0) is 5.56 Å².